The molecule has 0 aromatic carbocycles. The van der Waals surface area contributed by atoms with Gasteiger partial charge < -0.3 is 10.2 Å². The van der Waals surface area contributed by atoms with Gasteiger partial charge in [0.15, 0.2) is 5.96 Å². The SMILES string of the molecule is CCNC(=NCCCSC)N1CC(C)(C)C1(C)C. The standard InChI is InChI=1S/C14H29N3S/c1-7-15-12(16-9-8-10-18-6)17-11-13(2,3)14(17,4)5/h7-11H2,1-6H3,(H,15,16). The summed E-state index contributed by atoms with van der Waals surface area (Å²) in [6.45, 7) is 14.4. The second-order valence-corrected chi connectivity index (χ2v) is 7.10. The van der Waals surface area contributed by atoms with Gasteiger partial charge >= 0.3 is 0 Å². The van der Waals surface area contributed by atoms with Gasteiger partial charge in [0.1, 0.15) is 0 Å². The minimum atomic E-state index is 0.188. The number of aliphatic imine (C=N–C) groups is 1. The van der Waals surface area contributed by atoms with E-state index in [1.165, 1.54) is 5.75 Å². The Hall–Kier alpha value is -0.380. The zero-order valence-corrected chi connectivity index (χ0v) is 13.7. The molecule has 0 unspecified atom stereocenters. The molecule has 1 saturated heterocycles. The second kappa shape index (κ2) is 6.18. The van der Waals surface area contributed by atoms with E-state index in [9.17, 15) is 0 Å². The van der Waals surface area contributed by atoms with Crippen LogP contribution in [-0.4, -0.2) is 48.0 Å². The van der Waals surface area contributed by atoms with Gasteiger partial charge in [0.25, 0.3) is 0 Å². The molecular weight excluding hydrogens is 242 g/mol. The van der Waals surface area contributed by atoms with Gasteiger partial charge in [-0.25, -0.2) is 0 Å². The van der Waals surface area contributed by atoms with E-state index in [2.05, 4.69) is 51.1 Å². The summed E-state index contributed by atoms with van der Waals surface area (Å²) >= 11 is 1.89. The number of hydrogen-bond donors (Lipinski definition) is 1. The average molecular weight is 271 g/mol. The molecule has 1 N–H and O–H groups in total. The van der Waals surface area contributed by atoms with E-state index in [1.54, 1.807) is 0 Å². The van der Waals surface area contributed by atoms with Crippen molar-refractivity contribution in [3.05, 3.63) is 0 Å². The predicted octanol–water partition coefficient (Wildman–Crippen LogP) is 2.83. The Bertz CT molecular complexity index is 297. The van der Waals surface area contributed by atoms with Crippen molar-refractivity contribution in [1.82, 2.24) is 10.2 Å². The molecule has 1 fully saturated rings. The van der Waals surface area contributed by atoms with E-state index in [1.807, 2.05) is 11.8 Å². The van der Waals surface area contributed by atoms with E-state index in [-0.39, 0.29) is 5.54 Å². The first-order valence-corrected chi connectivity index (χ1v) is 8.31. The van der Waals surface area contributed by atoms with Crippen LogP contribution in [0.2, 0.25) is 0 Å². The number of thioether (sulfide) groups is 1. The van der Waals surface area contributed by atoms with Crippen LogP contribution in [0, 0.1) is 5.41 Å². The van der Waals surface area contributed by atoms with Crippen LogP contribution in [0.25, 0.3) is 0 Å². The van der Waals surface area contributed by atoms with Crippen LogP contribution in [0.5, 0.6) is 0 Å². The summed E-state index contributed by atoms with van der Waals surface area (Å²) < 4.78 is 0. The van der Waals surface area contributed by atoms with Gasteiger partial charge in [-0.2, -0.15) is 11.8 Å². The van der Waals surface area contributed by atoms with Gasteiger partial charge in [-0.1, -0.05) is 13.8 Å². The lowest BCUT2D eigenvalue weighted by molar-refractivity contribution is -0.0667. The molecule has 18 heavy (non-hydrogen) atoms. The van der Waals surface area contributed by atoms with Gasteiger partial charge in [0.2, 0.25) is 0 Å². The molecule has 106 valence electrons. The molecule has 1 heterocycles. The summed E-state index contributed by atoms with van der Waals surface area (Å²) in [5, 5.41) is 3.42. The second-order valence-electron chi connectivity index (χ2n) is 6.11. The lowest BCUT2D eigenvalue weighted by Crippen LogP contribution is -2.72. The minimum absolute atomic E-state index is 0.188. The molecule has 0 aromatic rings. The van der Waals surface area contributed by atoms with Crippen molar-refractivity contribution in [2.75, 3.05) is 31.6 Å². The Morgan fingerprint density at radius 2 is 2.00 bits per heavy atom. The molecule has 0 atom stereocenters. The normalized spacial score (nSPS) is 21.7. The Balaban J connectivity index is 2.63. The zero-order valence-electron chi connectivity index (χ0n) is 12.8. The van der Waals surface area contributed by atoms with Crippen molar-refractivity contribution in [2.24, 2.45) is 10.4 Å². The van der Waals surface area contributed by atoms with Gasteiger partial charge in [-0.05, 0) is 39.2 Å². The number of nitrogens with one attached hydrogen (secondary N) is 1. The van der Waals surface area contributed by atoms with Crippen LogP contribution in [0.1, 0.15) is 41.0 Å². The maximum Gasteiger partial charge on any atom is 0.194 e. The van der Waals surface area contributed by atoms with E-state index < -0.39 is 0 Å². The highest BCUT2D eigenvalue weighted by Crippen LogP contribution is 2.46. The molecule has 1 aliphatic heterocycles. The third-order valence-electron chi connectivity index (χ3n) is 4.24. The van der Waals surface area contributed by atoms with Crippen LogP contribution in [0.15, 0.2) is 4.99 Å². The molecule has 0 aliphatic carbocycles. The highest BCUT2D eigenvalue weighted by Gasteiger charge is 2.53. The zero-order chi connectivity index (χ0) is 13.8. The number of rotatable bonds is 5. The third kappa shape index (κ3) is 3.14. The fourth-order valence-electron chi connectivity index (χ4n) is 2.19. The Morgan fingerprint density at radius 3 is 2.44 bits per heavy atom. The van der Waals surface area contributed by atoms with E-state index in [4.69, 9.17) is 4.99 Å². The van der Waals surface area contributed by atoms with Gasteiger partial charge in [-0.3, -0.25) is 4.99 Å². The van der Waals surface area contributed by atoms with Crippen LogP contribution in [0.4, 0.5) is 0 Å². The Kier molecular flexibility index (Phi) is 5.38. The fraction of sp³-hybridized carbons (Fsp3) is 0.929. The van der Waals surface area contributed by atoms with Crippen LogP contribution in [0.3, 0.4) is 0 Å². The first kappa shape index (κ1) is 15.7. The molecule has 3 nitrogen and oxygen atoms in total. The first-order valence-electron chi connectivity index (χ1n) is 6.91. The van der Waals surface area contributed by atoms with Crippen molar-refractivity contribution in [3.63, 3.8) is 0 Å². The lowest BCUT2D eigenvalue weighted by Gasteiger charge is -2.62. The highest BCUT2D eigenvalue weighted by atomic mass is 32.2. The Labute approximate surface area is 117 Å². The predicted molar refractivity (Wildman–Crippen MR) is 83.5 cm³/mol. The van der Waals surface area contributed by atoms with E-state index in [0.29, 0.717) is 5.41 Å². The monoisotopic (exact) mass is 271 g/mol. The molecule has 4 heteroatoms. The van der Waals surface area contributed by atoms with Crippen LogP contribution < -0.4 is 5.32 Å². The molecule has 0 amide bonds. The summed E-state index contributed by atoms with van der Waals surface area (Å²) in [7, 11) is 0. The molecule has 0 radical (unpaired) electrons. The summed E-state index contributed by atoms with van der Waals surface area (Å²) in [4.78, 5) is 7.16. The first-order chi connectivity index (χ1) is 8.36. The minimum Gasteiger partial charge on any atom is -0.356 e. The van der Waals surface area contributed by atoms with E-state index in [0.717, 1.165) is 32.0 Å². The van der Waals surface area contributed by atoms with Crippen molar-refractivity contribution in [2.45, 2.75) is 46.6 Å². The van der Waals surface area contributed by atoms with Gasteiger partial charge in [0, 0.05) is 30.6 Å². The van der Waals surface area contributed by atoms with Crippen LogP contribution >= 0.6 is 11.8 Å². The fourth-order valence-corrected chi connectivity index (χ4v) is 2.61. The average Bonchev–Trinajstić information content (AvgIpc) is 2.30. The quantitative estimate of drug-likeness (QED) is 0.473. The third-order valence-corrected chi connectivity index (χ3v) is 4.94. The molecular formula is C14H29N3S. The molecule has 0 bridgehead atoms. The number of guanidine groups is 1. The topological polar surface area (TPSA) is 27.6 Å². The molecule has 0 aromatic heterocycles. The van der Waals surface area contributed by atoms with Gasteiger partial charge in [-0.15, -0.1) is 0 Å². The molecule has 1 rings (SSSR count). The summed E-state index contributed by atoms with van der Waals surface area (Å²) in [6.07, 6.45) is 3.31. The number of nitrogens with zero attached hydrogens (tertiary/aromatic N) is 2. The van der Waals surface area contributed by atoms with E-state index >= 15 is 0 Å². The van der Waals surface area contributed by atoms with Gasteiger partial charge in [0.05, 0.1) is 0 Å². The highest BCUT2D eigenvalue weighted by molar-refractivity contribution is 7.98. The van der Waals surface area contributed by atoms with Crippen molar-refractivity contribution < 1.29 is 0 Å². The molecule has 1 aliphatic rings. The summed E-state index contributed by atoms with van der Waals surface area (Å²) in [5.74, 6) is 2.28. The Morgan fingerprint density at radius 1 is 1.33 bits per heavy atom. The van der Waals surface area contributed by atoms with Crippen molar-refractivity contribution in [3.8, 4) is 0 Å². The molecule has 0 saturated carbocycles. The number of hydrogen-bond acceptors (Lipinski definition) is 2. The summed E-state index contributed by atoms with van der Waals surface area (Å²) in [5.41, 5.74) is 0.552. The number of likely N-dealkylation sites (tertiary alicyclic amines) is 1. The lowest BCUT2D eigenvalue weighted by atomic mass is 9.65. The maximum absolute atomic E-state index is 4.75. The largest absolute Gasteiger partial charge is 0.356 e. The smallest absolute Gasteiger partial charge is 0.194 e. The summed E-state index contributed by atoms with van der Waals surface area (Å²) in [6, 6.07) is 0. The van der Waals surface area contributed by atoms with Crippen molar-refractivity contribution in [1.29, 1.82) is 0 Å². The van der Waals surface area contributed by atoms with Crippen LogP contribution in [-0.2, 0) is 0 Å². The van der Waals surface area contributed by atoms with Crippen molar-refractivity contribution >= 4 is 17.7 Å². The maximum atomic E-state index is 4.75. The molecule has 0 spiro atoms.